The third kappa shape index (κ3) is 3.20. The number of fused-ring (bicyclic) bond motifs is 1. The van der Waals surface area contributed by atoms with Gasteiger partial charge < -0.3 is 9.32 Å². The van der Waals surface area contributed by atoms with Crippen LogP contribution in [-0.4, -0.2) is 16.4 Å². The van der Waals surface area contributed by atoms with Crippen molar-refractivity contribution in [2.45, 2.75) is 13.0 Å². The molecule has 25 heavy (non-hydrogen) atoms. The van der Waals surface area contributed by atoms with Crippen LogP contribution >= 0.6 is 35.4 Å². The van der Waals surface area contributed by atoms with Gasteiger partial charge in [-0.15, -0.1) is 0 Å². The molecule has 0 amide bonds. The van der Waals surface area contributed by atoms with Crippen LogP contribution in [0.3, 0.4) is 0 Å². The third-order valence-electron chi connectivity index (χ3n) is 4.45. The zero-order chi connectivity index (χ0) is 17.4. The van der Waals surface area contributed by atoms with Crippen molar-refractivity contribution in [3.05, 3.63) is 81.5 Å². The lowest BCUT2D eigenvalue weighted by Gasteiger charge is -2.30. The quantitative estimate of drug-likeness (QED) is 0.502. The van der Waals surface area contributed by atoms with E-state index in [1.807, 2.05) is 24.3 Å². The Hall–Kier alpha value is -1.81. The second kappa shape index (κ2) is 6.83. The predicted octanol–water partition coefficient (Wildman–Crippen LogP) is 5.99. The fourth-order valence-electron chi connectivity index (χ4n) is 3.12. The van der Waals surface area contributed by atoms with E-state index in [4.69, 9.17) is 39.8 Å². The summed E-state index contributed by atoms with van der Waals surface area (Å²) in [6.07, 6.45) is 0.990. The van der Waals surface area contributed by atoms with E-state index in [0.717, 1.165) is 30.1 Å². The van der Waals surface area contributed by atoms with Crippen molar-refractivity contribution >= 4 is 40.4 Å². The minimum Gasteiger partial charge on any atom is -0.454 e. The topological polar surface area (TPSA) is 16.4 Å². The van der Waals surface area contributed by atoms with Gasteiger partial charge in [0.05, 0.1) is 10.0 Å². The first kappa shape index (κ1) is 16.6. The molecule has 1 aromatic heterocycles. The monoisotopic (exact) mass is 387 g/mol. The molecule has 0 N–H and O–H groups in total. The van der Waals surface area contributed by atoms with E-state index in [1.54, 1.807) is 6.07 Å². The Labute approximate surface area is 162 Å². The molecule has 0 spiro atoms. The van der Waals surface area contributed by atoms with Crippen LogP contribution in [-0.2, 0) is 13.0 Å². The second-order valence-corrected chi connectivity index (χ2v) is 7.18. The number of furan rings is 1. The van der Waals surface area contributed by atoms with Gasteiger partial charge in [0.1, 0.15) is 10.7 Å². The normalized spacial score (nSPS) is 13.6. The number of thiocarbonyl (C=S) groups is 1. The Morgan fingerprint density at radius 2 is 1.76 bits per heavy atom. The molecule has 4 rings (SSSR count). The van der Waals surface area contributed by atoms with Crippen LogP contribution in [0.5, 0.6) is 0 Å². The number of hydrogen-bond donors (Lipinski definition) is 0. The maximum absolute atomic E-state index is 6.29. The minimum atomic E-state index is 0.489. The summed E-state index contributed by atoms with van der Waals surface area (Å²) in [7, 11) is 0. The van der Waals surface area contributed by atoms with E-state index >= 15 is 0 Å². The molecule has 3 aromatic rings. The van der Waals surface area contributed by atoms with Crippen molar-refractivity contribution in [2.24, 2.45) is 0 Å². The molecule has 2 nitrogen and oxygen atoms in total. The standard InChI is InChI=1S/C20H15Cl2NOS/c21-16-7-3-6-15(19(16)22)17-8-9-18(24-17)20(25)23-11-10-13-4-1-2-5-14(13)12-23/h1-9H,10-12H2. The highest BCUT2D eigenvalue weighted by Crippen LogP contribution is 2.34. The minimum absolute atomic E-state index is 0.489. The van der Waals surface area contributed by atoms with E-state index in [9.17, 15) is 0 Å². The van der Waals surface area contributed by atoms with Crippen LogP contribution in [0.15, 0.2) is 59.0 Å². The molecular formula is C20H15Cl2NOS. The van der Waals surface area contributed by atoms with E-state index in [1.165, 1.54) is 11.1 Å². The molecule has 0 aliphatic carbocycles. The lowest BCUT2D eigenvalue weighted by Crippen LogP contribution is -2.35. The molecular weight excluding hydrogens is 373 g/mol. The van der Waals surface area contributed by atoms with E-state index < -0.39 is 0 Å². The molecule has 0 fully saturated rings. The maximum atomic E-state index is 6.29. The molecule has 0 radical (unpaired) electrons. The smallest absolute Gasteiger partial charge is 0.162 e. The van der Waals surface area contributed by atoms with Gasteiger partial charge in [0, 0.05) is 18.7 Å². The van der Waals surface area contributed by atoms with Crippen molar-refractivity contribution in [2.75, 3.05) is 6.54 Å². The van der Waals surface area contributed by atoms with Crippen LogP contribution < -0.4 is 0 Å². The molecule has 126 valence electrons. The molecule has 0 atom stereocenters. The van der Waals surface area contributed by atoms with E-state index in [0.29, 0.717) is 21.6 Å². The van der Waals surface area contributed by atoms with Crippen LogP contribution in [0, 0.1) is 0 Å². The average Bonchev–Trinajstić information content (AvgIpc) is 3.13. The van der Waals surface area contributed by atoms with Crippen LogP contribution in [0.2, 0.25) is 10.0 Å². The van der Waals surface area contributed by atoms with Crippen molar-refractivity contribution < 1.29 is 4.42 Å². The molecule has 2 heterocycles. The van der Waals surface area contributed by atoms with Gasteiger partial charge in [-0.3, -0.25) is 0 Å². The van der Waals surface area contributed by atoms with Gasteiger partial charge in [0.2, 0.25) is 0 Å². The fraction of sp³-hybridized carbons (Fsp3) is 0.150. The number of benzene rings is 2. The van der Waals surface area contributed by atoms with Crippen molar-refractivity contribution in [1.82, 2.24) is 4.90 Å². The summed E-state index contributed by atoms with van der Waals surface area (Å²) < 4.78 is 5.98. The highest BCUT2D eigenvalue weighted by atomic mass is 35.5. The molecule has 5 heteroatoms. The highest BCUT2D eigenvalue weighted by molar-refractivity contribution is 7.80. The molecule has 0 bridgehead atoms. The maximum Gasteiger partial charge on any atom is 0.162 e. The molecule has 1 aliphatic heterocycles. The van der Waals surface area contributed by atoms with Crippen LogP contribution in [0.1, 0.15) is 16.9 Å². The molecule has 0 unspecified atom stereocenters. The van der Waals surface area contributed by atoms with Crippen molar-refractivity contribution in [3.63, 3.8) is 0 Å². The highest BCUT2D eigenvalue weighted by Gasteiger charge is 2.21. The fourth-order valence-corrected chi connectivity index (χ4v) is 3.78. The van der Waals surface area contributed by atoms with E-state index in [-0.39, 0.29) is 0 Å². The van der Waals surface area contributed by atoms with Gasteiger partial charge in [-0.25, -0.2) is 0 Å². The average molecular weight is 388 g/mol. The summed E-state index contributed by atoms with van der Waals surface area (Å²) in [6.45, 7) is 1.70. The number of nitrogens with zero attached hydrogens (tertiary/aromatic N) is 1. The van der Waals surface area contributed by atoms with Crippen LogP contribution in [0.25, 0.3) is 11.3 Å². The molecule has 2 aromatic carbocycles. The SMILES string of the molecule is S=C(c1ccc(-c2cccc(Cl)c2Cl)o1)N1CCc2ccccc2C1. The van der Waals surface area contributed by atoms with Gasteiger partial charge in [0.25, 0.3) is 0 Å². The Morgan fingerprint density at radius 3 is 2.60 bits per heavy atom. The Balaban J connectivity index is 1.58. The van der Waals surface area contributed by atoms with Gasteiger partial charge in [0.15, 0.2) is 5.76 Å². The van der Waals surface area contributed by atoms with Gasteiger partial charge in [-0.1, -0.05) is 65.8 Å². The van der Waals surface area contributed by atoms with Crippen LogP contribution in [0.4, 0.5) is 0 Å². The summed E-state index contributed by atoms with van der Waals surface area (Å²) in [5.74, 6) is 1.35. The Morgan fingerprint density at radius 1 is 0.960 bits per heavy atom. The third-order valence-corrected chi connectivity index (χ3v) is 5.73. The lowest BCUT2D eigenvalue weighted by atomic mass is 10.00. The number of hydrogen-bond acceptors (Lipinski definition) is 2. The molecule has 1 aliphatic rings. The van der Waals surface area contributed by atoms with Gasteiger partial charge in [-0.05, 0) is 41.8 Å². The lowest BCUT2D eigenvalue weighted by molar-refractivity contribution is 0.392. The number of halogens is 2. The zero-order valence-corrected chi connectivity index (χ0v) is 15.7. The Bertz CT molecular complexity index is 950. The summed E-state index contributed by atoms with van der Waals surface area (Å²) in [6, 6.07) is 17.8. The first-order chi connectivity index (χ1) is 12.1. The first-order valence-electron chi connectivity index (χ1n) is 8.04. The van der Waals surface area contributed by atoms with Crippen molar-refractivity contribution in [1.29, 1.82) is 0 Å². The zero-order valence-electron chi connectivity index (χ0n) is 13.3. The van der Waals surface area contributed by atoms with Gasteiger partial charge in [-0.2, -0.15) is 0 Å². The summed E-state index contributed by atoms with van der Waals surface area (Å²) in [5.41, 5.74) is 3.49. The molecule has 0 saturated heterocycles. The second-order valence-electron chi connectivity index (χ2n) is 6.01. The van der Waals surface area contributed by atoms with Gasteiger partial charge >= 0.3 is 0 Å². The van der Waals surface area contributed by atoms with Crippen molar-refractivity contribution in [3.8, 4) is 11.3 Å². The summed E-state index contributed by atoms with van der Waals surface area (Å²) in [4.78, 5) is 2.90. The molecule has 0 saturated carbocycles. The predicted molar refractivity (Wildman–Crippen MR) is 106 cm³/mol. The Kier molecular flexibility index (Phi) is 4.55. The summed E-state index contributed by atoms with van der Waals surface area (Å²) in [5, 5.41) is 0.996. The summed E-state index contributed by atoms with van der Waals surface area (Å²) >= 11 is 18.0. The number of rotatable bonds is 2. The first-order valence-corrected chi connectivity index (χ1v) is 9.20. The largest absolute Gasteiger partial charge is 0.454 e. The van der Waals surface area contributed by atoms with E-state index in [2.05, 4.69) is 29.2 Å².